The highest BCUT2D eigenvalue weighted by molar-refractivity contribution is 5.58. The standard InChI is InChI=1S/C16H17NO3/c1-11-3-5-14(18-2)13(7-11)17-9-12-4-6-15-16(8-12)20-10-19-15/h3-8,17H,9-10H2,1-2H3. The predicted molar refractivity (Wildman–Crippen MR) is 77.6 cm³/mol. The number of methoxy groups -OCH3 is 1. The Hall–Kier alpha value is -2.36. The van der Waals surface area contributed by atoms with Crippen molar-refractivity contribution in [1.82, 2.24) is 0 Å². The van der Waals surface area contributed by atoms with Gasteiger partial charge in [-0.1, -0.05) is 12.1 Å². The van der Waals surface area contributed by atoms with E-state index in [1.165, 1.54) is 5.56 Å². The Morgan fingerprint density at radius 3 is 2.80 bits per heavy atom. The van der Waals surface area contributed by atoms with Crippen LogP contribution in [0.15, 0.2) is 36.4 Å². The lowest BCUT2D eigenvalue weighted by atomic mass is 10.1. The summed E-state index contributed by atoms with van der Waals surface area (Å²) in [5, 5.41) is 3.39. The van der Waals surface area contributed by atoms with E-state index in [-0.39, 0.29) is 0 Å². The lowest BCUT2D eigenvalue weighted by molar-refractivity contribution is 0.174. The number of ether oxygens (including phenoxy) is 3. The number of nitrogens with one attached hydrogen (secondary N) is 1. The maximum atomic E-state index is 5.38. The zero-order chi connectivity index (χ0) is 13.9. The van der Waals surface area contributed by atoms with Gasteiger partial charge in [-0.2, -0.15) is 0 Å². The molecule has 0 spiro atoms. The molecule has 0 bridgehead atoms. The molecular weight excluding hydrogens is 254 g/mol. The Morgan fingerprint density at radius 1 is 1.10 bits per heavy atom. The second kappa shape index (κ2) is 5.33. The normalized spacial score (nSPS) is 12.3. The number of benzene rings is 2. The van der Waals surface area contributed by atoms with Crippen molar-refractivity contribution in [3.05, 3.63) is 47.5 Å². The monoisotopic (exact) mass is 271 g/mol. The van der Waals surface area contributed by atoms with E-state index >= 15 is 0 Å². The average Bonchev–Trinajstić information content (AvgIpc) is 2.92. The Labute approximate surface area is 118 Å². The van der Waals surface area contributed by atoms with E-state index in [4.69, 9.17) is 14.2 Å². The van der Waals surface area contributed by atoms with E-state index in [0.717, 1.165) is 28.5 Å². The van der Waals surface area contributed by atoms with Crippen LogP contribution in [0.3, 0.4) is 0 Å². The molecule has 4 heteroatoms. The summed E-state index contributed by atoms with van der Waals surface area (Å²) in [6, 6.07) is 12.0. The van der Waals surface area contributed by atoms with Crippen LogP contribution in [-0.4, -0.2) is 13.9 Å². The summed E-state index contributed by atoms with van der Waals surface area (Å²) in [6.07, 6.45) is 0. The largest absolute Gasteiger partial charge is 0.495 e. The molecule has 4 nitrogen and oxygen atoms in total. The minimum absolute atomic E-state index is 0.303. The van der Waals surface area contributed by atoms with E-state index < -0.39 is 0 Å². The molecule has 0 saturated carbocycles. The van der Waals surface area contributed by atoms with Crippen LogP contribution in [0.1, 0.15) is 11.1 Å². The average molecular weight is 271 g/mol. The number of fused-ring (bicyclic) bond motifs is 1. The smallest absolute Gasteiger partial charge is 0.231 e. The van der Waals surface area contributed by atoms with Gasteiger partial charge in [0.15, 0.2) is 11.5 Å². The van der Waals surface area contributed by atoms with Gasteiger partial charge in [-0.05, 0) is 42.3 Å². The molecule has 1 N–H and O–H groups in total. The van der Waals surface area contributed by atoms with E-state index in [2.05, 4.69) is 18.3 Å². The lowest BCUT2D eigenvalue weighted by Gasteiger charge is -2.12. The molecule has 3 rings (SSSR count). The molecule has 20 heavy (non-hydrogen) atoms. The second-order valence-electron chi connectivity index (χ2n) is 4.74. The highest BCUT2D eigenvalue weighted by atomic mass is 16.7. The highest BCUT2D eigenvalue weighted by Gasteiger charge is 2.13. The quantitative estimate of drug-likeness (QED) is 0.925. The third-order valence-electron chi connectivity index (χ3n) is 3.27. The van der Waals surface area contributed by atoms with Gasteiger partial charge in [0, 0.05) is 6.54 Å². The van der Waals surface area contributed by atoms with Crippen molar-refractivity contribution in [1.29, 1.82) is 0 Å². The van der Waals surface area contributed by atoms with Gasteiger partial charge in [0.1, 0.15) is 5.75 Å². The first-order chi connectivity index (χ1) is 9.76. The fourth-order valence-electron chi connectivity index (χ4n) is 2.21. The summed E-state index contributed by atoms with van der Waals surface area (Å²) in [4.78, 5) is 0. The SMILES string of the molecule is COc1ccc(C)cc1NCc1ccc2c(c1)OCO2. The van der Waals surface area contributed by atoms with Crippen LogP contribution in [0.2, 0.25) is 0 Å². The zero-order valence-corrected chi connectivity index (χ0v) is 11.6. The van der Waals surface area contributed by atoms with E-state index in [9.17, 15) is 0 Å². The van der Waals surface area contributed by atoms with E-state index in [1.807, 2.05) is 30.3 Å². The Morgan fingerprint density at radius 2 is 1.95 bits per heavy atom. The summed E-state index contributed by atoms with van der Waals surface area (Å²) in [5.74, 6) is 2.46. The molecule has 0 aliphatic carbocycles. The molecule has 0 atom stereocenters. The van der Waals surface area contributed by atoms with E-state index in [1.54, 1.807) is 7.11 Å². The molecule has 0 amide bonds. The van der Waals surface area contributed by atoms with Crippen molar-refractivity contribution >= 4 is 5.69 Å². The maximum Gasteiger partial charge on any atom is 0.231 e. The molecule has 104 valence electrons. The summed E-state index contributed by atoms with van der Waals surface area (Å²) >= 11 is 0. The van der Waals surface area contributed by atoms with Crippen LogP contribution in [0.25, 0.3) is 0 Å². The summed E-state index contributed by atoms with van der Waals surface area (Å²) in [7, 11) is 1.68. The van der Waals surface area contributed by atoms with Crippen LogP contribution < -0.4 is 19.5 Å². The molecule has 2 aromatic carbocycles. The third kappa shape index (κ3) is 2.50. The number of hydrogen-bond donors (Lipinski definition) is 1. The first-order valence-corrected chi connectivity index (χ1v) is 6.53. The van der Waals surface area contributed by atoms with Gasteiger partial charge in [-0.15, -0.1) is 0 Å². The molecule has 0 saturated heterocycles. The molecule has 1 heterocycles. The Kier molecular flexibility index (Phi) is 3.37. The molecule has 1 aliphatic heterocycles. The molecule has 0 fully saturated rings. The van der Waals surface area contributed by atoms with Gasteiger partial charge in [0.2, 0.25) is 6.79 Å². The Bertz CT molecular complexity index is 625. The fourth-order valence-corrected chi connectivity index (χ4v) is 2.21. The van der Waals surface area contributed by atoms with E-state index in [0.29, 0.717) is 13.3 Å². The molecule has 0 aromatic heterocycles. The van der Waals surface area contributed by atoms with Crippen LogP contribution in [0.5, 0.6) is 17.2 Å². The van der Waals surface area contributed by atoms with Crippen molar-refractivity contribution in [2.45, 2.75) is 13.5 Å². The number of anilines is 1. The minimum atomic E-state index is 0.303. The van der Waals surface area contributed by atoms with Crippen LogP contribution >= 0.6 is 0 Å². The molecule has 2 aromatic rings. The van der Waals surface area contributed by atoms with Crippen molar-refractivity contribution in [3.8, 4) is 17.2 Å². The molecule has 0 radical (unpaired) electrons. The number of rotatable bonds is 4. The first-order valence-electron chi connectivity index (χ1n) is 6.53. The van der Waals surface area contributed by atoms with Crippen molar-refractivity contribution in [3.63, 3.8) is 0 Å². The van der Waals surface area contributed by atoms with Gasteiger partial charge >= 0.3 is 0 Å². The van der Waals surface area contributed by atoms with Crippen molar-refractivity contribution < 1.29 is 14.2 Å². The number of hydrogen-bond acceptors (Lipinski definition) is 4. The summed E-state index contributed by atoms with van der Waals surface area (Å²) in [5.41, 5.74) is 3.32. The Balaban J connectivity index is 1.75. The second-order valence-corrected chi connectivity index (χ2v) is 4.74. The zero-order valence-electron chi connectivity index (χ0n) is 11.6. The third-order valence-corrected chi connectivity index (χ3v) is 3.27. The minimum Gasteiger partial charge on any atom is -0.495 e. The van der Waals surface area contributed by atoms with Crippen molar-refractivity contribution in [2.75, 3.05) is 19.2 Å². The van der Waals surface area contributed by atoms with Gasteiger partial charge in [-0.25, -0.2) is 0 Å². The summed E-state index contributed by atoms with van der Waals surface area (Å²) in [6.45, 7) is 3.07. The number of aryl methyl sites for hydroxylation is 1. The lowest BCUT2D eigenvalue weighted by Crippen LogP contribution is -2.01. The summed E-state index contributed by atoms with van der Waals surface area (Å²) < 4.78 is 16.0. The molecule has 0 unspecified atom stereocenters. The first kappa shape index (κ1) is 12.7. The maximum absolute atomic E-state index is 5.38. The molecular formula is C16H17NO3. The van der Waals surface area contributed by atoms with Crippen LogP contribution in [-0.2, 0) is 6.54 Å². The van der Waals surface area contributed by atoms with Gasteiger partial charge in [-0.3, -0.25) is 0 Å². The highest BCUT2D eigenvalue weighted by Crippen LogP contribution is 2.33. The van der Waals surface area contributed by atoms with Gasteiger partial charge in [0.25, 0.3) is 0 Å². The van der Waals surface area contributed by atoms with Gasteiger partial charge in [0.05, 0.1) is 12.8 Å². The van der Waals surface area contributed by atoms with Gasteiger partial charge < -0.3 is 19.5 Å². The van der Waals surface area contributed by atoms with Crippen LogP contribution in [0.4, 0.5) is 5.69 Å². The van der Waals surface area contributed by atoms with Crippen LogP contribution in [0, 0.1) is 6.92 Å². The predicted octanol–water partition coefficient (Wildman–Crippen LogP) is 3.34. The fraction of sp³-hybridized carbons (Fsp3) is 0.250. The molecule has 1 aliphatic rings. The van der Waals surface area contributed by atoms with Crippen molar-refractivity contribution in [2.24, 2.45) is 0 Å². The topological polar surface area (TPSA) is 39.7 Å².